The van der Waals surface area contributed by atoms with Gasteiger partial charge in [0, 0.05) is 25.7 Å². The third kappa shape index (κ3) is 4.59. The minimum absolute atomic E-state index is 0.228. The smallest absolute Gasteiger partial charge is 0.341 e. The third-order valence-electron chi connectivity index (χ3n) is 5.22. The molecule has 1 heterocycles. The second kappa shape index (κ2) is 9.13. The lowest BCUT2D eigenvalue weighted by Gasteiger charge is -2.14. The number of aliphatic carboxylic acids is 1. The third-order valence-corrected chi connectivity index (χ3v) is 5.22. The van der Waals surface area contributed by atoms with Crippen LogP contribution in [0.15, 0.2) is 46.2 Å². The topological polar surface area (TPSA) is 95.0 Å². The van der Waals surface area contributed by atoms with Crippen LogP contribution < -0.4 is 20.7 Å². The van der Waals surface area contributed by atoms with Crippen LogP contribution in [0.4, 0.5) is 5.69 Å². The lowest BCUT2D eigenvalue weighted by molar-refractivity contribution is -0.139. The van der Waals surface area contributed by atoms with Crippen LogP contribution in [0, 0.1) is 20.8 Å². The van der Waals surface area contributed by atoms with Gasteiger partial charge < -0.3 is 14.6 Å². The molecule has 0 fully saturated rings. The minimum atomic E-state index is -1.08. The monoisotopic (exact) mass is 437 g/mol. The van der Waals surface area contributed by atoms with Crippen LogP contribution in [0.3, 0.4) is 0 Å². The Hall–Kier alpha value is -3.81. The molecule has 3 aromatic rings. The van der Waals surface area contributed by atoms with Gasteiger partial charge in [0.1, 0.15) is 5.49 Å². The summed E-state index contributed by atoms with van der Waals surface area (Å²) < 4.78 is 13.7. The second-order valence-electron chi connectivity index (χ2n) is 7.70. The first-order valence-electron chi connectivity index (χ1n) is 10.0. The highest BCUT2D eigenvalue weighted by Crippen LogP contribution is 2.32. The number of carbonyl (C=O) groups is 1. The van der Waals surface area contributed by atoms with Crippen molar-refractivity contribution >= 4 is 11.7 Å². The molecule has 0 spiro atoms. The Bertz CT molecular complexity index is 1300. The maximum absolute atomic E-state index is 12.9. The Balaban J connectivity index is 2.19. The number of hydrogen-bond acceptors (Lipinski definition) is 5. The quantitative estimate of drug-likeness (QED) is 0.640. The molecule has 3 rings (SSSR count). The van der Waals surface area contributed by atoms with Crippen LogP contribution in [0.2, 0.25) is 0 Å². The van der Waals surface area contributed by atoms with Crippen LogP contribution in [-0.4, -0.2) is 33.9 Å². The normalized spacial score (nSPS) is 11.5. The number of carboxylic acids is 1. The van der Waals surface area contributed by atoms with Gasteiger partial charge in [0.15, 0.2) is 18.1 Å². The van der Waals surface area contributed by atoms with E-state index in [-0.39, 0.29) is 5.69 Å². The number of benzene rings is 2. The van der Waals surface area contributed by atoms with Gasteiger partial charge >= 0.3 is 11.7 Å². The first-order chi connectivity index (χ1) is 15.1. The van der Waals surface area contributed by atoms with Crippen LogP contribution in [0.1, 0.15) is 16.7 Å². The van der Waals surface area contributed by atoms with E-state index in [1.807, 2.05) is 26.8 Å². The molecule has 0 saturated heterocycles. The molecule has 0 aliphatic carbocycles. The number of nitrogens with zero attached hydrogens (tertiary/aromatic N) is 3. The summed E-state index contributed by atoms with van der Waals surface area (Å²) in [5.74, 6) is -0.406. The van der Waals surface area contributed by atoms with E-state index in [4.69, 9.17) is 19.6 Å². The molecular formula is C24H27N3O5. The number of aromatic nitrogens is 2. The second-order valence-corrected chi connectivity index (χ2v) is 7.70. The summed E-state index contributed by atoms with van der Waals surface area (Å²) in [4.78, 5) is 28.6. The summed E-state index contributed by atoms with van der Waals surface area (Å²) in [6.45, 7) is 5.56. The summed E-state index contributed by atoms with van der Waals surface area (Å²) in [7, 11) is 4.85. The summed E-state index contributed by atoms with van der Waals surface area (Å²) in [5, 5.41) is 8.85. The highest BCUT2D eigenvalue weighted by molar-refractivity contribution is 5.69. The Morgan fingerprint density at radius 2 is 1.66 bits per heavy atom. The zero-order valence-electron chi connectivity index (χ0n) is 19.1. The first-order valence-corrected chi connectivity index (χ1v) is 10.0. The average molecular weight is 437 g/mol. The number of ether oxygens (including phenoxy) is 2. The molecule has 0 atom stereocenters. The fourth-order valence-corrected chi connectivity index (χ4v) is 3.68. The predicted octanol–water partition coefficient (Wildman–Crippen LogP) is 3.02. The number of rotatable bonds is 6. The molecule has 8 nitrogen and oxygen atoms in total. The van der Waals surface area contributed by atoms with Gasteiger partial charge in [-0.25, -0.2) is 14.6 Å². The van der Waals surface area contributed by atoms with Crippen molar-refractivity contribution in [3.63, 3.8) is 0 Å². The largest absolute Gasteiger partial charge is 0.493 e. The Morgan fingerprint density at radius 1 is 1.00 bits per heavy atom. The van der Waals surface area contributed by atoms with Crippen molar-refractivity contribution in [3.8, 4) is 22.8 Å². The van der Waals surface area contributed by atoms with Gasteiger partial charge in [-0.05, 0) is 50.1 Å². The van der Waals surface area contributed by atoms with Gasteiger partial charge in [0.2, 0.25) is 0 Å². The Morgan fingerprint density at radius 3 is 2.25 bits per heavy atom. The number of aryl methyl sites for hydroxylation is 3. The Labute approximate surface area is 186 Å². The predicted molar refractivity (Wildman–Crippen MR) is 122 cm³/mol. The lowest BCUT2D eigenvalue weighted by atomic mass is 10.1. The zero-order chi connectivity index (χ0) is 23.6. The fraction of sp³-hybridized carbons (Fsp3) is 0.292. The molecule has 0 radical (unpaired) electrons. The van der Waals surface area contributed by atoms with Gasteiger partial charge in [0.05, 0.1) is 18.5 Å². The highest BCUT2D eigenvalue weighted by Gasteiger charge is 2.13. The van der Waals surface area contributed by atoms with Gasteiger partial charge in [-0.3, -0.25) is 9.13 Å². The van der Waals surface area contributed by atoms with E-state index in [1.165, 1.54) is 16.2 Å². The molecule has 168 valence electrons. The molecule has 8 heteroatoms. The van der Waals surface area contributed by atoms with Crippen LogP contribution in [-0.2, 0) is 18.9 Å². The number of methoxy groups -OCH3 is 1. The van der Waals surface area contributed by atoms with Crippen molar-refractivity contribution in [3.05, 3.63) is 69.1 Å². The van der Waals surface area contributed by atoms with Crippen molar-refractivity contribution < 1.29 is 19.4 Å². The molecule has 1 aromatic heterocycles. The maximum Gasteiger partial charge on any atom is 0.341 e. The van der Waals surface area contributed by atoms with Crippen molar-refractivity contribution in [1.29, 1.82) is 0 Å². The summed E-state index contributed by atoms with van der Waals surface area (Å²) >= 11 is 0. The summed E-state index contributed by atoms with van der Waals surface area (Å²) in [6.07, 6.45) is 0. The zero-order valence-corrected chi connectivity index (χ0v) is 19.1. The van der Waals surface area contributed by atoms with Crippen molar-refractivity contribution in [2.45, 2.75) is 20.8 Å². The molecule has 2 aromatic carbocycles. The van der Waals surface area contributed by atoms with E-state index in [9.17, 15) is 9.59 Å². The lowest BCUT2D eigenvalue weighted by Crippen LogP contribution is -2.37. The van der Waals surface area contributed by atoms with Gasteiger partial charge in [-0.15, -0.1) is 0 Å². The standard InChI is InChI=1S/C24H27N3O5/c1-14-9-15(2)23(16(3)10-14)25-21-12-18(26(4)24(30)27(21)5)17-7-8-19(20(11-17)31-6)32-13-22(28)29/h7-12H,13H2,1-6H3,(H,28,29). The first kappa shape index (κ1) is 22.9. The molecule has 0 unspecified atom stereocenters. The molecule has 0 aliphatic rings. The fourth-order valence-electron chi connectivity index (χ4n) is 3.68. The van der Waals surface area contributed by atoms with E-state index in [2.05, 4.69) is 12.1 Å². The molecule has 32 heavy (non-hydrogen) atoms. The SMILES string of the molecule is COc1cc(-c2cc(=Nc3c(C)cc(C)cc3C)n(C)c(=O)n2C)ccc1OCC(=O)O. The molecule has 0 bridgehead atoms. The van der Waals surface area contributed by atoms with Gasteiger partial charge in [-0.1, -0.05) is 17.7 Å². The minimum Gasteiger partial charge on any atom is -0.493 e. The summed E-state index contributed by atoms with van der Waals surface area (Å²) in [6, 6.07) is 11.0. The summed E-state index contributed by atoms with van der Waals surface area (Å²) in [5.41, 5.74) is 5.69. The number of hydrogen-bond donors (Lipinski definition) is 1. The van der Waals surface area contributed by atoms with Crippen LogP contribution in [0.25, 0.3) is 11.3 Å². The van der Waals surface area contributed by atoms with Gasteiger partial charge in [0.25, 0.3) is 0 Å². The molecule has 1 N–H and O–H groups in total. The van der Waals surface area contributed by atoms with Gasteiger partial charge in [-0.2, -0.15) is 0 Å². The highest BCUT2D eigenvalue weighted by atomic mass is 16.5. The van der Waals surface area contributed by atoms with Crippen LogP contribution in [0.5, 0.6) is 11.5 Å². The van der Waals surface area contributed by atoms with Crippen molar-refractivity contribution in [2.24, 2.45) is 19.1 Å². The average Bonchev–Trinajstić information content (AvgIpc) is 2.74. The van der Waals surface area contributed by atoms with Crippen molar-refractivity contribution in [2.75, 3.05) is 13.7 Å². The Kier molecular flexibility index (Phi) is 6.53. The molecular weight excluding hydrogens is 410 g/mol. The van der Waals surface area contributed by atoms with E-state index in [0.717, 1.165) is 22.4 Å². The molecule has 0 saturated carbocycles. The van der Waals surface area contributed by atoms with E-state index in [1.54, 1.807) is 32.3 Å². The number of carboxylic acid groups (broad SMARTS) is 1. The van der Waals surface area contributed by atoms with Crippen molar-refractivity contribution in [1.82, 2.24) is 9.13 Å². The molecule has 0 aliphatic heterocycles. The van der Waals surface area contributed by atoms with E-state index in [0.29, 0.717) is 28.2 Å². The maximum atomic E-state index is 12.9. The molecule has 0 amide bonds. The van der Waals surface area contributed by atoms with Crippen LogP contribution >= 0.6 is 0 Å². The van der Waals surface area contributed by atoms with E-state index >= 15 is 0 Å². The van der Waals surface area contributed by atoms with E-state index < -0.39 is 12.6 Å².